The molecular weight excluding hydrogens is 350 g/mol. The van der Waals surface area contributed by atoms with Crippen molar-refractivity contribution < 1.29 is 0 Å². The van der Waals surface area contributed by atoms with Gasteiger partial charge in [-0.15, -0.1) is 0 Å². The van der Waals surface area contributed by atoms with Crippen LogP contribution in [0.5, 0.6) is 0 Å². The Morgan fingerprint density at radius 1 is 1.14 bits per heavy atom. The van der Waals surface area contributed by atoms with E-state index in [1.165, 1.54) is 5.56 Å². The van der Waals surface area contributed by atoms with E-state index in [4.69, 9.17) is 0 Å². The van der Waals surface area contributed by atoms with Crippen LogP contribution in [0, 0.1) is 0 Å². The van der Waals surface area contributed by atoms with Crippen molar-refractivity contribution in [2.75, 3.05) is 13.1 Å². The number of nitrogens with zero attached hydrogens (tertiary/aromatic N) is 4. The highest BCUT2D eigenvalue weighted by Gasteiger charge is 2.28. The average molecular weight is 386 g/mol. The minimum absolute atomic E-state index is 0.0176. The molecule has 2 rings (SSSR count). The van der Waals surface area contributed by atoms with Crippen molar-refractivity contribution >= 4 is 5.96 Å². The van der Waals surface area contributed by atoms with Gasteiger partial charge in [0.15, 0.2) is 5.96 Å². The minimum atomic E-state index is -0.0176. The first-order valence-corrected chi connectivity index (χ1v) is 10.2. The second kappa shape index (κ2) is 10.8. The van der Waals surface area contributed by atoms with Gasteiger partial charge < -0.3 is 16.0 Å². The van der Waals surface area contributed by atoms with Crippen LogP contribution in [0.3, 0.4) is 0 Å². The molecular formula is C21H35N7. The SMILES string of the molecule is CCNC(=NCc1ncnn1C)NCC(CC)(CC)NC(C)c1ccccc1. The van der Waals surface area contributed by atoms with Crippen molar-refractivity contribution in [1.29, 1.82) is 0 Å². The maximum atomic E-state index is 4.67. The Morgan fingerprint density at radius 3 is 2.43 bits per heavy atom. The van der Waals surface area contributed by atoms with Gasteiger partial charge in [0.05, 0.1) is 0 Å². The van der Waals surface area contributed by atoms with E-state index in [9.17, 15) is 0 Å². The molecule has 1 aromatic carbocycles. The first-order valence-electron chi connectivity index (χ1n) is 10.2. The van der Waals surface area contributed by atoms with Gasteiger partial charge in [0.1, 0.15) is 18.7 Å². The quantitative estimate of drug-likeness (QED) is 0.433. The van der Waals surface area contributed by atoms with Crippen LogP contribution in [-0.4, -0.2) is 39.4 Å². The number of rotatable bonds is 10. The first-order chi connectivity index (χ1) is 13.5. The molecule has 0 aliphatic rings. The van der Waals surface area contributed by atoms with Crippen LogP contribution in [0.2, 0.25) is 0 Å². The monoisotopic (exact) mass is 385 g/mol. The molecule has 0 spiro atoms. The van der Waals surface area contributed by atoms with Crippen molar-refractivity contribution in [3.63, 3.8) is 0 Å². The average Bonchev–Trinajstić information content (AvgIpc) is 3.14. The van der Waals surface area contributed by atoms with Crippen molar-refractivity contribution in [2.45, 2.75) is 58.7 Å². The molecule has 154 valence electrons. The second-order valence-electron chi connectivity index (χ2n) is 7.11. The summed E-state index contributed by atoms with van der Waals surface area (Å²) in [5.74, 6) is 1.64. The summed E-state index contributed by atoms with van der Waals surface area (Å²) in [5.41, 5.74) is 1.28. The van der Waals surface area contributed by atoms with Crippen molar-refractivity contribution in [2.24, 2.45) is 12.0 Å². The standard InChI is InChI=1S/C21H35N7/c1-6-21(7-2,27-17(4)18-12-10-9-11-13-18)15-24-20(22-8-3)23-14-19-25-16-26-28(19)5/h9-13,16-17,27H,6-8,14-15H2,1-5H3,(H2,22,23,24). The number of benzene rings is 1. The lowest BCUT2D eigenvalue weighted by Gasteiger charge is -2.37. The van der Waals surface area contributed by atoms with E-state index in [-0.39, 0.29) is 11.6 Å². The Hall–Kier alpha value is -2.41. The third-order valence-electron chi connectivity index (χ3n) is 5.30. The summed E-state index contributed by atoms with van der Waals surface area (Å²) in [7, 11) is 1.88. The highest BCUT2D eigenvalue weighted by Crippen LogP contribution is 2.21. The molecule has 0 aliphatic heterocycles. The summed E-state index contributed by atoms with van der Waals surface area (Å²) < 4.78 is 1.75. The summed E-state index contributed by atoms with van der Waals surface area (Å²) in [6.45, 7) is 10.9. The molecule has 0 bridgehead atoms. The Morgan fingerprint density at radius 2 is 1.86 bits per heavy atom. The third-order valence-corrected chi connectivity index (χ3v) is 5.30. The highest BCUT2D eigenvalue weighted by atomic mass is 15.3. The van der Waals surface area contributed by atoms with Gasteiger partial charge in [0, 0.05) is 31.7 Å². The van der Waals surface area contributed by atoms with Gasteiger partial charge in [0.25, 0.3) is 0 Å². The van der Waals surface area contributed by atoms with Gasteiger partial charge in [0.2, 0.25) is 0 Å². The predicted molar refractivity (Wildman–Crippen MR) is 115 cm³/mol. The topological polar surface area (TPSA) is 79.2 Å². The molecule has 0 saturated carbocycles. The molecule has 1 unspecified atom stereocenters. The predicted octanol–water partition coefficient (Wildman–Crippen LogP) is 2.78. The summed E-state index contributed by atoms with van der Waals surface area (Å²) in [4.78, 5) is 8.91. The van der Waals surface area contributed by atoms with Crippen LogP contribution in [-0.2, 0) is 13.6 Å². The lowest BCUT2D eigenvalue weighted by Crippen LogP contribution is -2.55. The number of aliphatic imine (C=N–C) groups is 1. The van der Waals surface area contributed by atoms with Gasteiger partial charge in [-0.05, 0) is 32.3 Å². The number of aryl methyl sites for hydroxylation is 1. The lowest BCUT2D eigenvalue weighted by atomic mass is 9.90. The Bertz CT molecular complexity index is 719. The third kappa shape index (κ3) is 6.05. The molecule has 28 heavy (non-hydrogen) atoms. The molecule has 1 heterocycles. The van der Waals surface area contributed by atoms with Gasteiger partial charge in [-0.1, -0.05) is 44.2 Å². The smallest absolute Gasteiger partial charge is 0.191 e. The van der Waals surface area contributed by atoms with E-state index < -0.39 is 0 Å². The largest absolute Gasteiger partial charge is 0.357 e. The van der Waals surface area contributed by atoms with E-state index in [2.05, 4.69) is 89.1 Å². The normalized spacial score (nSPS) is 13.4. The number of hydrogen-bond donors (Lipinski definition) is 3. The van der Waals surface area contributed by atoms with Crippen molar-refractivity contribution in [3.05, 3.63) is 48.0 Å². The molecule has 0 fully saturated rings. The van der Waals surface area contributed by atoms with Crippen LogP contribution >= 0.6 is 0 Å². The molecule has 1 atom stereocenters. The van der Waals surface area contributed by atoms with Crippen LogP contribution in [0.4, 0.5) is 0 Å². The van der Waals surface area contributed by atoms with Crippen LogP contribution in [0.25, 0.3) is 0 Å². The summed E-state index contributed by atoms with van der Waals surface area (Å²) in [5, 5.41) is 14.8. The van der Waals surface area contributed by atoms with Crippen LogP contribution in [0.15, 0.2) is 41.7 Å². The Labute approximate surface area is 169 Å². The first kappa shape index (κ1) is 21.9. The number of hydrogen-bond acceptors (Lipinski definition) is 4. The van der Waals surface area contributed by atoms with Crippen molar-refractivity contribution in [3.8, 4) is 0 Å². The summed E-state index contributed by atoms with van der Waals surface area (Å²) in [6.07, 6.45) is 3.60. The fraction of sp³-hybridized carbons (Fsp3) is 0.571. The zero-order chi connectivity index (χ0) is 20.4. The second-order valence-corrected chi connectivity index (χ2v) is 7.11. The molecule has 7 nitrogen and oxygen atoms in total. The van der Waals surface area contributed by atoms with E-state index in [1.54, 1.807) is 11.0 Å². The van der Waals surface area contributed by atoms with E-state index in [1.807, 2.05) is 7.05 Å². The van der Waals surface area contributed by atoms with Gasteiger partial charge in [-0.25, -0.2) is 9.98 Å². The molecule has 1 aromatic heterocycles. The van der Waals surface area contributed by atoms with Crippen molar-refractivity contribution in [1.82, 2.24) is 30.7 Å². The number of nitrogens with one attached hydrogen (secondary N) is 3. The van der Waals surface area contributed by atoms with Gasteiger partial charge in [-0.3, -0.25) is 4.68 Å². The molecule has 7 heteroatoms. The Kier molecular flexibility index (Phi) is 8.44. The van der Waals surface area contributed by atoms with Crippen LogP contribution in [0.1, 0.15) is 58.0 Å². The zero-order valence-corrected chi connectivity index (χ0v) is 17.9. The minimum Gasteiger partial charge on any atom is -0.357 e. The van der Waals surface area contributed by atoms with Gasteiger partial charge in [-0.2, -0.15) is 5.10 Å². The maximum absolute atomic E-state index is 4.67. The molecule has 0 amide bonds. The van der Waals surface area contributed by atoms with Gasteiger partial charge >= 0.3 is 0 Å². The van der Waals surface area contributed by atoms with E-state index >= 15 is 0 Å². The van der Waals surface area contributed by atoms with E-state index in [0.717, 1.165) is 37.7 Å². The molecule has 2 aromatic rings. The maximum Gasteiger partial charge on any atom is 0.191 e. The molecule has 3 N–H and O–H groups in total. The number of guanidine groups is 1. The summed E-state index contributed by atoms with van der Waals surface area (Å²) >= 11 is 0. The fourth-order valence-corrected chi connectivity index (χ4v) is 3.25. The van der Waals surface area contributed by atoms with E-state index in [0.29, 0.717) is 6.54 Å². The summed E-state index contributed by atoms with van der Waals surface area (Å²) in [6, 6.07) is 10.9. The number of aromatic nitrogens is 3. The molecule has 0 saturated heterocycles. The molecule has 0 radical (unpaired) electrons. The zero-order valence-electron chi connectivity index (χ0n) is 17.9. The molecule has 0 aliphatic carbocycles. The highest BCUT2D eigenvalue weighted by molar-refractivity contribution is 5.79. The Balaban J connectivity index is 2.04. The van der Waals surface area contributed by atoms with Crippen LogP contribution < -0.4 is 16.0 Å². The fourth-order valence-electron chi connectivity index (χ4n) is 3.25. The lowest BCUT2D eigenvalue weighted by molar-refractivity contribution is 0.271.